The second kappa shape index (κ2) is 4.97. The van der Waals surface area contributed by atoms with Crippen molar-refractivity contribution in [1.82, 2.24) is 9.38 Å². The SMILES string of the molecule is COc1ccc(C)cc1NC(=O)c1cn2ccsc2n1. The Morgan fingerprint density at radius 3 is 3.05 bits per heavy atom. The summed E-state index contributed by atoms with van der Waals surface area (Å²) in [6.45, 7) is 1.96. The molecule has 0 fully saturated rings. The number of aromatic nitrogens is 2. The lowest BCUT2D eigenvalue weighted by molar-refractivity contribution is 0.102. The Labute approximate surface area is 119 Å². The molecule has 2 aromatic heterocycles. The molecule has 5 nitrogen and oxygen atoms in total. The van der Waals surface area contributed by atoms with Gasteiger partial charge in [0.05, 0.1) is 12.8 Å². The molecule has 0 atom stereocenters. The Hall–Kier alpha value is -2.34. The second-order valence-electron chi connectivity index (χ2n) is 4.38. The summed E-state index contributed by atoms with van der Waals surface area (Å²) >= 11 is 1.49. The number of nitrogens with zero attached hydrogens (tertiary/aromatic N) is 2. The third-order valence-corrected chi connectivity index (χ3v) is 3.70. The van der Waals surface area contributed by atoms with Gasteiger partial charge in [0.15, 0.2) is 4.96 Å². The standard InChI is InChI=1S/C14H13N3O2S/c1-9-3-4-12(19-2)10(7-9)15-13(18)11-8-17-5-6-20-14(17)16-11/h3-8H,1-2H3,(H,15,18). The molecule has 2 heterocycles. The van der Waals surface area contributed by atoms with Gasteiger partial charge in [0.25, 0.3) is 5.91 Å². The molecular formula is C14H13N3O2S. The van der Waals surface area contributed by atoms with E-state index >= 15 is 0 Å². The first kappa shape index (κ1) is 12.7. The topological polar surface area (TPSA) is 55.6 Å². The first-order chi connectivity index (χ1) is 9.67. The minimum Gasteiger partial charge on any atom is -0.495 e. The molecule has 1 aromatic carbocycles. The number of anilines is 1. The summed E-state index contributed by atoms with van der Waals surface area (Å²) in [7, 11) is 1.58. The number of rotatable bonds is 3. The van der Waals surface area contributed by atoms with E-state index in [1.54, 1.807) is 13.3 Å². The van der Waals surface area contributed by atoms with Gasteiger partial charge in [0.2, 0.25) is 0 Å². The number of hydrogen-bond acceptors (Lipinski definition) is 4. The predicted octanol–water partition coefficient (Wildman–Crippen LogP) is 2.97. The third kappa shape index (κ3) is 2.25. The van der Waals surface area contributed by atoms with Gasteiger partial charge in [0, 0.05) is 17.8 Å². The maximum absolute atomic E-state index is 12.2. The molecule has 0 aliphatic heterocycles. The quantitative estimate of drug-likeness (QED) is 0.805. The van der Waals surface area contributed by atoms with Crippen molar-refractivity contribution in [3.05, 3.63) is 47.2 Å². The van der Waals surface area contributed by atoms with Crippen molar-refractivity contribution in [1.29, 1.82) is 0 Å². The second-order valence-corrected chi connectivity index (χ2v) is 5.25. The molecule has 0 unspecified atom stereocenters. The van der Waals surface area contributed by atoms with Crippen molar-refractivity contribution in [3.63, 3.8) is 0 Å². The Balaban J connectivity index is 1.88. The van der Waals surface area contributed by atoms with Gasteiger partial charge in [-0.2, -0.15) is 0 Å². The number of carbonyl (C=O) groups excluding carboxylic acids is 1. The first-order valence-corrected chi connectivity index (χ1v) is 6.93. The van der Waals surface area contributed by atoms with E-state index in [0.29, 0.717) is 17.1 Å². The highest BCUT2D eigenvalue weighted by Gasteiger charge is 2.13. The van der Waals surface area contributed by atoms with Crippen LogP contribution in [0.3, 0.4) is 0 Å². The number of fused-ring (bicyclic) bond motifs is 1. The number of benzene rings is 1. The fourth-order valence-corrected chi connectivity index (χ4v) is 2.64. The monoisotopic (exact) mass is 287 g/mol. The Morgan fingerprint density at radius 1 is 1.45 bits per heavy atom. The van der Waals surface area contributed by atoms with Crippen LogP contribution in [0.5, 0.6) is 5.75 Å². The van der Waals surface area contributed by atoms with Crippen LogP contribution in [0.4, 0.5) is 5.69 Å². The first-order valence-electron chi connectivity index (χ1n) is 6.05. The number of hydrogen-bond donors (Lipinski definition) is 1. The number of amides is 1. The van der Waals surface area contributed by atoms with Gasteiger partial charge in [-0.05, 0) is 24.6 Å². The Kier molecular flexibility index (Phi) is 3.15. The van der Waals surface area contributed by atoms with Crippen LogP contribution >= 0.6 is 11.3 Å². The van der Waals surface area contributed by atoms with Gasteiger partial charge in [-0.1, -0.05) is 6.07 Å². The number of nitrogens with one attached hydrogen (secondary N) is 1. The molecule has 0 saturated heterocycles. The van der Waals surface area contributed by atoms with Crippen molar-refractivity contribution < 1.29 is 9.53 Å². The molecule has 0 aliphatic carbocycles. The van der Waals surface area contributed by atoms with Crippen LogP contribution in [0.15, 0.2) is 36.0 Å². The zero-order valence-corrected chi connectivity index (χ0v) is 11.9. The zero-order chi connectivity index (χ0) is 14.1. The average molecular weight is 287 g/mol. The minimum absolute atomic E-state index is 0.246. The lowest BCUT2D eigenvalue weighted by Crippen LogP contribution is -2.13. The third-order valence-electron chi connectivity index (χ3n) is 2.93. The number of aryl methyl sites for hydroxylation is 1. The van der Waals surface area contributed by atoms with Gasteiger partial charge in [-0.25, -0.2) is 4.98 Å². The number of ether oxygens (including phenoxy) is 1. The fraction of sp³-hybridized carbons (Fsp3) is 0.143. The lowest BCUT2D eigenvalue weighted by atomic mass is 10.2. The van der Waals surface area contributed by atoms with E-state index in [-0.39, 0.29) is 5.91 Å². The van der Waals surface area contributed by atoms with Crippen molar-refractivity contribution >= 4 is 27.9 Å². The van der Waals surface area contributed by atoms with E-state index in [9.17, 15) is 4.79 Å². The van der Waals surface area contributed by atoms with Crippen LogP contribution in [0.25, 0.3) is 4.96 Å². The largest absolute Gasteiger partial charge is 0.495 e. The zero-order valence-electron chi connectivity index (χ0n) is 11.1. The summed E-state index contributed by atoms with van der Waals surface area (Å²) in [6.07, 6.45) is 3.58. The number of thiazole rings is 1. The van der Waals surface area contributed by atoms with Crippen molar-refractivity contribution in [3.8, 4) is 5.75 Å². The van der Waals surface area contributed by atoms with Gasteiger partial charge in [-0.3, -0.25) is 9.20 Å². The summed E-state index contributed by atoms with van der Waals surface area (Å²) in [5.41, 5.74) is 2.08. The van der Waals surface area contributed by atoms with Crippen LogP contribution in [0.1, 0.15) is 16.1 Å². The molecule has 3 aromatic rings. The van der Waals surface area contributed by atoms with E-state index in [1.165, 1.54) is 11.3 Å². The van der Waals surface area contributed by atoms with Crippen molar-refractivity contribution in [2.75, 3.05) is 12.4 Å². The summed E-state index contributed by atoms with van der Waals surface area (Å²) < 4.78 is 7.07. The average Bonchev–Trinajstić information content (AvgIpc) is 2.99. The summed E-state index contributed by atoms with van der Waals surface area (Å²) in [6, 6.07) is 5.63. The number of methoxy groups -OCH3 is 1. The van der Waals surface area contributed by atoms with Crippen LogP contribution in [-0.2, 0) is 0 Å². The molecule has 3 rings (SSSR count). The van der Waals surface area contributed by atoms with Gasteiger partial charge >= 0.3 is 0 Å². The highest BCUT2D eigenvalue weighted by atomic mass is 32.1. The molecule has 0 spiro atoms. The molecule has 0 aliphatic rings. The summed E-state index contributed by atoms with van der Waals surface area (Å²) in [5.74, 6) is 0.384. The molecule has 6 heteroatoms. The summed E-state index contributed by atoms with van der Waals surface area (Å²) in [5, 5.41) is 4.76. The summed E-state index contributed by atoms with van der Waals surface area (Å²) in [4.78, 5) is 17.3. The van der Waals surface area contributed by atoms with Crippen molar-refractivity contribution in [2.24, 2.45) is 0 Å². The van der Waals surface area contributed by atoms with Crippen molar-refractivity contribution in [2.45, 2.75) is 6.92 Å². The molecule has 0 bridgehead atoms. The fourth-order valence-electron chi connectivity index (χ4n) is 1.94. The van der Waals surface area contributed by atoms with Crippen LogP contribution in [0, 0.1) is 6.92 Å². The van der Waals surface area contributed by atoms with Crippen LogP contribution in [0.2, 0.25) is 0 Å². The normalized spacial score (nSPS) is 10.7. The van der Waals surface area contributed by atoms with Gasteiger partial charge in [-0.15, -0.1) is 11.3 Å². The predicted molar refractivity (Wildman–Crippen MR) is 78.8 cm³/mol. The smallest absolute Gasteiger partial charge is 0.276 e. The maximum Gasteiger partial charge on any atom is 0.276 e. The van der Waals surface area contributed by atoms with E-state index in [1.807, 2.05) is 41.1 Å². The highest BCUT2D eigenvalue weighted by molar-refractivity contribution is 7.15. The molecule has 0 radical (unpaired) electrons. The molecular weight excluding hydrogens is 274 g/mol. The molecule has 1 N–H and O–H groups in total. The molecule has 20 heavy (non-hydrogen) atoms. The molecule has 102 valence electrons. The molecule has 0 saturated carbocycles. The minimum atomic E-state index is -0.246. The van der Waals surface area contributed by atoms with E-state index in [4.69, 9.17) is 4.74 Å². The lowest BCUT2D eigenvalue weighted by Gasteiger charge is -2.09. The highest BCUT2D eigenvalue weighted by Crippen LogP contribution is 2.25. The van der Waals surface area contributed by atoms with Gasteiger partial charge in [0.1, 0.15) is 11.4 Å². The van der Waals surface area contributed by atoms with E-state index in [0.717, 1.165) is 10.5 Å². The number of carbonyl (C=O) groups is 1. The van der Waals surface area contributed by atoms with E-state index < -0.39 is 0 Å². The Bertz CT molecular complexity index is 747. The van der Waals surface area contributed by atoms with E-state index in [2.05, 4.69) is 10.3 Å². The Morgan fingerprint density at radius 2 is 2.30 bits per heavy atom. The van der Waals surface area contributed by atoms with Gasteiger partial charge < -0.3 is 10.1 Å². The maximum atomic E-state index is 12.2. The van der Waals surface area contributed by atoms with Crippen LogP contribution in [-0.4, -0.2) is 22.4 Å². The number of imidazole rings is 1. The molecule has 1 amide bonds. The van der Waals surface area contributed by atoms with Crippen LogP contribution < -0.4 is 10.1 Å².